The molecule has 10 heteroatoms. The first-order valence-corrected chi connectivity index (χ1v) is 12.6. The van der Waals surface area contributed by atoms with E-state index in [1.54, 1.807) is 6.92 Å². The van der Waals surface area contributed by atoms with E-state index in [0.29, 0.717) is 38.4 Å². The third-order valence-corrected chi connectivity index (χ3v) is 8.73. The van der Waals surface area contributed by atoms with Gasteiger partial charge in [-0.3, -0.25) is 9.69 Å². The molecule has 168 valence electrons. The second kappa shape index (κ2) is 7.42. The van der Waals surface area contributed by atoms with Gasteiger partial charge in [0.2, 0.25) is 11.9 Å². The Morgan fingerprint density at radius 3 is 2.53 bits per heavy atom. The topological polar surface area (TPSA) is 108 Å². The number of fused-ring (bicyclic) bond motifs is 2. The Morgan fingerprint density at radius 1 is 1.20 bits per heavy atom. The monoisotopic (exact) mass is 438 g/mol. The number of hydrogen-bond donors (Lipinski definition) is 2. The lowest BCUT2D eigenvalue weighted by molar-refractivity contribution is -0.120. The summed E-state index contributed by atoms with van der Waals surface area (Å²) < 4.78 is 28.4. The fraction of sp³-hybridized carbons (Fsp3) is 0.750. The van der Waals surface area contributed by atoms with Crippen LogP contribution in [0.15, 0.2) is 6.20 Å². The van der Waals surface area contributed by atoms with Crippen LogP contribution in [-0.2, 0) is 20.4 Å². The highest BCUT2D eigenvalue weighted by Crippen LogP contribution is 2.57. The molecule has 1 spiro atoms. The normalized spacial score (nSPS) is 24.6. The van der Waals surface area contributed by atoms with Crippen molar-refractivity contribution in [3.63, 3.8) is 0 Å². The average molecular weight is 439 g/mol. The summed E-state index contributed by atoms with van der Waals surface area (Å²) >= 11 is 0. The molecule has 0 unspecified atom stereocenters. The molecule has 2 N–H and O–H groups in total. The van der Waals surface area contributed by atoms with Crippen LogP contribution in [0.5, 0.6) is 0 Å². The van der Waals surface area contributed by atoms with Crippen LogP contribution in [0.4, 0.5) is 11.8 Å². The van der Waals surface area contributed by atoms with Gasteiger partial charge in [0.05, 0.1) is 5.41 Å². The number of carbonyl (C=O) groups is 1. The molecule has 3 fully saturated rings. The van der Waals surface area contributed by atoms with Crippen LogP contribution >= 0.6 is 0 Å². The van der Waals surface area contributed by atoms with Crippen LogP contribution in [0, 0.1) is 0 Å². The number of anilines is 2. The molecule has 1 amide bonds. The second-order valence-electron chi connectivity index (χ2n) is 8.95. The van der Waals surface area contributed by atoms with E-state index in [9.17, 15) is 13.2 Å². The molecule has 1 saturated heterocycles. The highest BCUT2D eigenvalue weighted by molar-refractivity contribution is 7.87. The average Bonchev–Trinajstić information content (AvgIpc) is 3.29. The molecule has 3 heterocycles. The first kappa shape index (κ1) is 20.1. The van der Waals surface area contributed by atoms with Crippen molar-refractivity contribution in [3.8, 4) is 0 Å². The summed E-state index contributed by atoms with van der Waals surface area (Å²) in [7, 11) is -3.39. The Bertz CT molecular complexity index is 945. The van der Waals surface area contributed by atoms with Gasteiger partial charge in [-0.1, -0.05) is 19.8 Å². The molecular formula is C20H34N6O3S. The van der Waals surface area contributed by atoms with Crippen LogP contribution in [0.2, 0.25) is 0 Å². The number of hydrogen-bond acceptors (Lipinski definition) is 6. The number of piperidine rings is 1. The van der Waals surface area contributed by atoms with Gasteiger partial charge in [0, 0.05) is 46.3 Å². The van der Waals surface area contributed by atoms with Crippen molar-refractivity contribution < 1.29 is 16.1 Å². The van der Waals surface area contributed by atoms with E-state index in [1.165, 1.54) is 17.1 Å². The zero-order chi connectivity index (χ0) is 20.9. The molecule has 9 nitrogen and oxygen atoms in total. The molecule has 2 aliphatic carbocycles. The Hall–Kier alpha value is -1.78. The van der Waals surface area contributed by atoms with E-state index in [1.807, 2.05) is 11.1 Å². The predicted octanol–water partition coefficient (Wildman–Crippen LogP) is 2.02. The van der Waals surface area contributed by atoms with E-state index in [2.05, 4.69) is 15.0 Å². The van der Waals surface area contributed by atoms with E-state index >= 15 is 0 Å². The summed E-state index contributed by atoms with van der Waals surface area (Å²) in [6.45, 7) is 3.10. The van der Waals surface area contributed by atoms with Crippen molar-refractivity contribution in [1.29, 1.82) is 0 Å². The Kier molecular flexibility index (Phi) is 4.98. The lowest BCUT2D eigenvalue weighted by atomic mass is 10.0. The summed E-state index contributed by atoms with van der Waals surface area (Å²) in [4.78, 5) is 24.5. The molecule has 2 aliphatic heterocycles. The third-order valence-electron chi connectivity index (χ3n) is 7.03. The highest BCUT2D eigenvalue weighted by Gasteiger charge is 2.61. The van der Waals surface area contributed by atoms with Gasteiger partial charge < -0.3 is 5.32 Å². The van der Waals surface area contributed by atoms with Gasteiger partial charge >= 0.3 is 0 Å². The van der Waals surface area contributed by atoms with E-state index in [-0.39, 0.29) is 26.3 Å². The number of aromatic nitrogens is 2. The number of rotatable bonds is 6. The molecule has 2 saturated carbocycles. The molecule has 4 aliphatic rings. The molecular weight excluding hydrogens is 404 g/mol. The van der Waals surface area contributed by atoms with Crippen LogP contribution in [0.3, 0.4) is 0 Å². The SMILES string of the molecule is CCNS(=O)(=O)N1CCC(Nc2ncc3c(n2)N(C2CCCC2)C(=O)C32CC2)CC1.[HH].[HH]. The quantitative estimate of drug-likeness (QED) is 0.704. The van der Waals surface area contributed by atoms with Gasteiger partial charge in [-0.15, -0.1) is 0 Å². The standard InChI is InChI=1S/C20H30N6O3S.2H2/c1-2-22-30(28,29)25-11-7-14(8-12-25)23-19-21-13-16-17(24-19)26(15-5-3-4-6-15)18(27)20(16)9-10-20;;/h13-15,22H,2-12H2,1H3,(H,21,23,24);2*1H. The molecule has 0 radical (unpaired) electrons. The molecule has 0 bridgehead atoms. The maximum absolute atomic E-state index is 13.2. The minimum atomic E-state index is -3.39. The minimum Gasteiger partial charge on any atom is -0.351 e. The van der Waals surface area contributed by atoms with Crippen LogP contribution in [0.1, 0.15) is 66.7 Å². The number of nitrogens with one attached hydrogen (secondary N) is 2. The summed E-state index contributed by atoms with van der Waals surface area (Å²) in [6.07, 6.45) is 9.46. The van der Waals surface area contributed by atoms with Gasteiger partial charge in [-0.25, -0.2) is 9.71 Å². The van der Waals surface area contributed by atoms with E-state index in [4.69, 9.17) is 4.98 Å². The lowest BCUT2D eigenvalue weighted by Gasteiger charge is -2.31. The van der Waals surface area contributed by atoms with E-state index in [0.717, 1.165) is 37.1 Å². The Balaban J connectivity index is 0.00000144. The van der Waals surface area contributed by atoms with Crippen molar-refractivity contribution in [1.82, 2.24) is 19.0 Å². The van der Waals surface area contributed by atoms with Gasteiger partial charge in [0.25, 0.3) is 10.2 Å². The maximum atomic E-state index is 13.2. The van der Waals surface area contributed by atoms with Crippen LogP contribution in [0.25, 0.3) is 0 Å². The largest absolute Gasteiger partial charge is 0.351 e. The number of nitrogens with zero attached hydrogens (tertiary/aromatic N) is 4. The van der Waals surface area contributed by atoms with Crippen molar-refractivity contribution in [2.45, 2.75) is 75.8 Å². The van der Waals surface area contributed by atoms with Crippen LogP contribution in [-0.4, -0.2) is 60.3 Å². The van der Waals surface area contributed by atoms with Gasteiger partial charge in [0.15, 0.2) is 0 Å². The van der Waals surface area contributed by atoms with Gasteiger partial charge in [-0.05, 0) is 38.5 Å². The minimum absolute atomic E-state index is 0. The summed E-state index contributed by atoms with van der Waals surface area (Å²) in [5.41, 5.74) is 0.638. The van der Waals surface area contributed by atoms with Crippen LogP contribution < -0.4 is 14.9 Å². The maximum Gasteiger partial charge on any atom is 0.279 e. The summed E-state index contributed by atoms with van der Waals surface area (Å²) in [5, 5.41) is 3.39. The Labute approximate surface area is 180 Å². The molecule has 30 heavy (non-hydrogen) atoms. The fourth-order valence-electron chi connectivity index (χ4n) is 5.21. The molecule has 0 atom stereocenters. The van der Waals surface area contributed by atoms with Crippen molar-refractivity contribution in [2.75, 3.05) is 29.9 Å². The van der Waals surface area contributed by atoms with Crippen molar-refractivity contribution in [2.24, 2.45) is 0 Å². The summed E-state index contributed by atoms with van der Waals surface area (Å²) in [5.74, 6) is 1.56. The van der Waals surface area contributed by atoms with E-state index < -0.39 is 10.2 Å². The predicted molar refractivity (Wildman–Crippen MR) is 118 cm³/mol. The third kappa shape index (κ3) is 3.29. The zero-order valence-electron chi connectivity index (χ0n) is 17.4. The Morgan fingerprint density at radius 2 is 1.90 bits per heavy atom. The first-order valence-electron chi connectivity index (χ1n) is 11.2. The summed E-state index contributed by atoms with van der Waals surface area (Å²) in [6, 6.07) is 0.376. The second-order valence-corrected chi connectivity index (χ2v) is 10.7. The highest BCUT2D eigenvalue weighted by atomic mass is 32.2. The molecule has 0 aromatic carbocycles. The smallest absolute Gasteiger partial charge is 0.279 e. The molecule has 1 aromatic rings. The van der Waals surface area contributed by atoms with Gasteiger partial charge in [0.1, 0.15) is 5.82 Å². The van der Waals surface area contributed by atoms with Crippen molar-refractivity contribution >= 4 is 27.9 Å². The first-order chi connectivity index (χ1) is 14.4. The van der Waals surface area contributed by atoms with Gasteiger partial charge in [-0.2, -0.15) is 17.7 Å². The number of amides is 1. The van der Waals surface area contributed by atoms with Crippen molar-refractivity contribution in [3.05, 3.63) is 11.8 Å². The lowest BCUT2D eigenvalue weighted by Crippen LogP contribution is -2.47. The molecule has 5 rings (SSSR count). The fourth-order valence-corrected chi connectivity index (χ4v) is 6.45. The molecule has 1 aromatic heterocycles. The number of carbonyl (C=O) groups excluding carboxylic acids is 1. The zero-order valence-corrected chi connectivity index (χ0v) is 18.2.